The average molecular weight is 300 g/mol. The molecule has 1 N–H and O–H groups in total. The molecule has 1 aliphatic rings. The average Bonchev–Trinajstić information content (AvgIpc) is 2.54. The number of nitrogens with zero attached hydrogens (tertiary/aromatic N) is 2. The Balaban J connectivity index is 1.80. The number of ether oxygens (including phenoxy) is 1. The van der Waals surface area contributed by atoms with Crippen molar-refractivity contribution in [2.45, 2.75) is 18.4 Å². The van der Waals surface area contributed by atoms with E-state index in [9.17, 15) is 9.90 Å². The van der Waals surface area contributed by atoms with Crippen molar-refractivity contribution in [1.82, 2.24) is 9.88 Å². The molecule has 2 heterocycles. The maximum atomic E-state index is 12.8. The number of methoxy groups -OCH3 is 1. The summed E-state index contributed by atoms with van der Waals surface area (Å²) in [6.07, 6.45) is 4.55. The predicted molar refractivity (Wildman–Crippen MR) is 83.7 cm³/mol. The van der Waals surface area contributed by atoms with Crippen LogP contribution in [0.3, 0.4) is 0 Å². The van der Waals surface area contributed by atoms with Crippen LogP contribution in [-0.4, -0.2) is 53.3 Å². The lowest BCUT2D eigenvalue weighted by Gasteiger charge is -2.37. The Kier molecular flexibility index (Phi) is 4.09. The summed E-state index contributed by atoms with van der Waals surface area (Å²) >= 11 is 0. The first kappa shape index (κ1) is 14.9. The molecule has 5 nitrogen and oxygen atoms in total. The summed E-state index contributed by atoms with van der Waals surface area (Å²) in [5.74, 6) is 0.0104. The van der Waals surface area contributed by atoms with Crippen LogP contribution in [0.5, 0.6) is 0 Å². The van der Waals surface area contributed by atoms with E-state index in [0.717, 1.165) is 10.8 Å². The molecular weight excluding hydrogens is 280 g/mol. The van der Waals surface area contributed by atoms with Gasteiger partial charge in [0.1, 0.15) is 0 Å². The number of hydrogen-bond donors (Lipinski definition) is 1. The van der Waals surface area contributed by atoms with Gasteiger partial charge in [0.15, 0.2) is 0 Å². The van der Waals surface area contributed by atoms with Crippen molar-refractivity contribution in [1.29, 1.82) is 0 Å². The number of aliphatic hydroxyl groups is 1. The second kappa shape index (κ2) is 6.02. The Labute approximate surface area is 129 Å². The molecule has 0 aliphatic carbocycles. The van der Waals surface area contributed by atoms with Crippen LogP contribution >= 0.6 is 0 Å². The molecular formula is C17H20N2O3. The van der Waals surface area contributed by atoms with Crippen LogP contribution in [-0.2, 0) is 4.74 Å². The molecule has 22 heavy (non-hydrogen) atoms. The Morgan fingerprint density at radius 1 is 1.36 bits per heavy atom. The topological polar surface area (TPSA) is 62.7 Å². The third-order valence-electron chi connectivity index (χ3n) is 4.31. The number of pyridine rings is 1. The first-order valence-electron chi connectivity index (χ1n) is 7.46. The summed E-state index contributed by atoms with van der Waals surface area (Å²) in [4.78, 5) is 18.7. The van der Waals surface area contributed by atoms with Gasteiger partial charge in [-0.25, -0.2) is 0 Å². The number of piperidine rings is 1. The van der Waals surface area contributed by atoms with E-state index in [-0.39, 0.29) is 5.91 Å². The molecule has 116 valence electrons. The molecule has 1 fully saturated rings. The Morgan fingerprint density at radius 3 is 2.86 bits per heavy atom. The van der Waals surface area contributed by atoms with Crippen molar-refractivity contribution in [3.63, 3.8) is 0 Å². The minimum absolute atomic E-state index is 0.0104. The van der Waals surface area contributed by atoms with E-state index in [1.165, 1.54) is 0 Å². The smallest absolute Gasteiger partial charge is 0.254 e. The van der Waals surface area contributed by atoms with Crippen molar-refractivity contribution >= 4 is 16.7 Å². The third-order valence-corrected chi connectivity index (χ3v) is 4.31. The van der Waals surface area contributed by atoms with Gasteiger partial charge in [0.05, 0.1) is 12.2 Å². The first-order valence-corrected chi connectivity index (χ1v) is 7.46. The maximum Gasteiger partial charge on any atom is 0.254 e. The molecule has 1 aromatic carbocycles. The lowest BCUT2D eigenvalue weighted by Crippen LogP contribution is -2.48. The molecule has 1 aliphatic heterocycles. The van der Waals surface area contributed by atoms with Crippen LogP contribution in [0.15, 0.2) is 36.7 Å². The summed E-state index contributed by atoms with van der Waals surface area (Å²) in [6.45, 7) is 1.40. The van der Waals surface area contributed by atoms with E-state index >= 15 is 0 Å². The molecule has 5 heteroatoms. The number of carbonyl (C=O) groups is 1. The zero-order chi connectivity index (χ0) is 15.6. The Hall–Kier alpha value is -1.98. The number of hydrogen-bond acceptors (Lipinski definition) is 4. The summed E-state index contributed by atoms with van der Waals surface area (Å²) in [5.41, 5.74) is -0.120. The molecule has 3 rings (SSSR count). The van der Waals surface area contributed by atoms with Crippen LogP contribution in [0.2, 0.25) is 0 Å². The molecule has 0 spiro atoms. The quantitative estimate of drug-likeness (QED) is 0.939. The van der Waals surface area contributed by atoms with Gasteiger partial charge in [0, 0.05) is 43.5 Å². The van der Waals surface area contributed by atoms with Gasteiger partial charge in [0.25, 0.3) is 5.91 Å². The number of benzene rings is 1. The summed E-state index contributed by atoms with van der Waals surface area (Å²) in [7, 11) is 1.58. The predicted octanol–water partition coefficient (Wildman–Crippen LogP) is 1.85. The van der Waals surface area contributed by atoms with Crippen LogP contribution in [0.1, 0.15) is 23.2 Å². The van der Waals surface area contributed by atoms with E-state index in [1.807, 2.05) is 24.3 Å². The largest absolute Gasteiger partial charge is 0.387 e. The highest BCUT2D eigenvalue weighted by molar-refractivity contribution is 6.06. The lowest BCUT2D eigenvalue weighted by molar-refractivity contribution is -0.0662. The van der Waals surface area contributed by atoms with E-state index in [2.05, 4.69) is 4.98 Å². The van der Waals surface area contributed by atoms with Gasteiger partial charge in [-0.05, 0) is 30.4 Å². The monoisotopic (exact) mass is 300 g/mol. The zero-order valence-electron chi connectivity index (χ0n) is 12.7. The highest BCUT2D eigenvalue weighted by Crippen LogP contribution is 2.25. The van der Waals surface area contributed by atoms with Gasteiger partial charge in [-0.2, -0.15) is 0 Å². The van der Waals surface area contributed by atoms with Gasteiger partial charge < -0.3 is 14.7 Å². The van der Waals surface area contributed by atoms with Gasteiger partial charge in [-0.1, -0.05) is 12.1 Å². The van der Waals surface area contributed by atoms with Gasteiger partial charge >= 0.3 is 0 Å². The van der Waals surface area contributed by atoms with Gasteiger partial charge in [-0.3, -0.25) is 9.78 Å². The minimum Gasteiger partial charge on any atom is -0.387 e. The maximum absolute atomic E-state index is 12.8. The number of aromatic nitrogens is 1. The number of rotatable bonds is 3. The zero-order valence-corrected chi connectivity index (χ0v) is 12.7. The molecule has 0 radical (unpaired) electrons. The van der Waals surface area contributed by atoms with Crippen LogP contribution in [0.4, 0.5) is 0 Å². The van der Waals surface area contributed by atoms with E-state index in [0.29, 0.717) is 38.1 Å². The molecule has 2 aromatic rings. The Bertz CT molecular complexity index is 673. The standard InChI is InChI=1S/C17H20N2O3/c1-22-12-17(21)6-9-19(10-7-17)16(20)15-4-2-3-13-11-18-8-5-14(13)15/h2-5,8,11,21H,6-7,9-10,12H2,1H3. The van der Waals surface area contributed by atoms with E-state index in [1.54, 1.807) is 24.4 Å². The minimum atomic E-state index is -0.811. The van der Waals surface area contributed by atoms with Crippen LogP contribution in [0.25, 0.3) is 10.8 Å². The van der Waals surface area contributed by atoms with Crippen molar-refractivity contribution < 1.29 is 14.6 Å². The van der Waals surface area contributed by atoms with Gasteiger partial charge in [-0.15, -0.1) is 0 Å². The second-order valence-electron chi connectivity index (χ2n) is 5.85. The summed E-state index contributed by atoms with van der Waals surface area (Å²) in [6, 6.07) is 7.55. The Morgan fingerprint density at radius 2 is 2.14 bits per heavy atom. The summed E-state index contributed by atoms with van der Waals surface area (Å²) < 4.78 is 5.06. The molecule has 0 bridgehead atoms. The number of carbonyl (C=O) groups excluding carboxylic acids is 1. The number of fused-ring (bicyclic) bond motifs is 1. The fourth-order valence-electron chi connectivity index (χ4n) is 3.02. The molecule has 1 saturated heterocycles. The highest BCUT2D eigenvalue weighted by atomic mass is 16.5. The molecule has 1 aromatic heterocycles. The van der Waals surface area contributed by atoms with Crippen LogP contribution in [0, 0.1) is 0 Å². The highest BCUT2D eigenvalue weighted by Gasteiger charge is 2.34. The van der Waals surface area contributed by atoms with Crippen molar-refractivity contribution in [3.8, 4) is 0 Å². The molecule has 0 saturated carbocycles. The first-order chi connectivity index (χ1) is 10.6. The third kappa shape index (κ3) is 2.82. The number of likely N-dealkylation sites (tertiary alicyclic amines) is 1. The molecule has 0 atom stereocenters. The fraction of sp³-hybridized carbons (Fsp3) is 0.412. The van der Waals surface area contributed by atoms with E-state index in [4.69, 9.17) is 4.74 Å². The molecule has 1 amide bonds. The SMILES string of the molecule is COCC1(O)CCN(C(=O)c2cccc3cnccc23)CC1. The van der Waals surface area contributed by atoms with Crippen LogP contribution < -0.4 is 0 Å². The lowest BCUT2D eigenvalue weighted by atomic mass is 9.92. The van der Waals surface area contributed by atoms with E-state index < -0.39 is 5.60 Å². The van der Waals surface area contributed by atoms with Crippen molar-refractivity contribution in [2.75, 3.05) is 26.8 Å². The van der Waals surface area contributed by atoms with Crippen molar-refractivity contribution in [3.05, 3.63) is 42.2 Å². The fourth-order valence-corrected chi connectivity index (χ4v) is 3.02. The van der Waals surface area contributed by atoms with Crippen molar-refractivity contribution in [2.24, 2.45) is 0 Å². The van der Waals surface area contributed by atoms with Gasteiger partial charge in [0.2, 0.25) is 0 Å². The summed E-state index contributed by atoms with van der Waals surface area (Å²) in [5, 5.41) is 12.2. The second-order valence-corrected chi connectivity index (χ2v) is 5.85. The molecule has 0 unspecified atom stereocenters. The normalized spacial score (nSPS) is 17.6. The number of amides is 1.